The molecular formula is C78H80BClN4. The van der Waals surface area contributed by atoms with Gasteiger partial charge in [-0.25, -0.2) is 0 Å². The zero-order valence-corrected chi connectivity index (χ0v) is 51.0. The molecule has 2 aliphatic heterocycles. The Hall–Kier alpha value is -8.25. The molecule has 0 aromatic heterocycles. The highest BCUT2D eigenvalue weighted by Gasteiger charge is 2.44. The minimum Gasteiger partial charge on any atom is -0.311 e. The number of halogens is 1. The standard InChI is InChI=1S/C39H39BN2.C39H41ClN2/c1-26-23-35-37-36(24-26)42(30-20-17-27(18-21-30)38(2,3)4)34-22-19-28(39(5,6)7)25-32(34)40(37)31-15-11-12-16-33(31)41(35)29-13-9-8-10-14-29;1-28-26-35(41(31-14-10-8-11-15-31)32-16-12-9-13-17-32)37(40)36(27-28)42(33-22-18-29(19-23-33)38(2,3)4)34-24-20-30(21-25-34)39(5,6)7/h8-25H,1-7H3;8-27H,1-7H3/i8D,9D,10D,11D,12D,13D,14D,15D,16D;8D,9D,10D,11D,12D,13D,14D,15D,16D,17D. The Kier molecular flexibility index (Phi) is 10.3. The summed E-state index contributed by atoms with van der Waals surface area (Å²) in [6.45, 7) is 28.7. The Morgan fingerprint density at radius 3 is 1.20 bits per heavy atom. The summed E-state index contributed by atoms with van der Waals surface area (Å²) in [6, 6.07) is 27.9. The van der Waals surface area contributed by atoms with Crippen molar-refractivity contribution in [1.29, 1.82) is 0 Å². The summed E-state index contributed by atoms with van der Waals surface area (Å²) in [5.41, 5.74) is 11.4. The van der Waals surface area contributed by atoms with E-state index in [2.05, 4.69) is 137 Å². The van der Waals surface area contributed by atoms with Crippen LogP contribution < -0.4 is 36.0 Å². The highest BCUT2D eigenvalue weighted by molar-refractivity contribution is 7.00. The van der Waals surface area contributed by atoms with Gasteiger partial charge in [0.2, 0.25) is 0 Å². The molecule has 0 radical (unpaired) electrons. The molecule has 0 saturated carbocycles. The fourth-order valence-corrected chi connectivity index (χ4v) is 11.3. The van der Waals surface area contributed by atoms with Crippen molar-refractivity contribution in [3.05, 3.63) is 268 Å². The molecule has 0 amide bonds. The van der Waals surface area contributed by atoms with Crippen molar-refractivity contribution in [1.82, 2.24) is 0 Å². The maximum atomic E-state index is 9.39. The second-order valence-corrected chi connectivity index (χ2v) is 26.1. The summed E-state index contributed by atoms with van der Waals surface area (Å²) < 4.78 is 166. The van der Waals surface area contributed by atoms with Crippen molar-refractivity contribution in [2.45, 2.75) is 119 Å². The van der Waals surface area contributed by atoms with E-state index in [4.69, 9.17) is 34.9 Å². The molecule has 2 heterocycles. The molecule has 4 nitrogen and oxygen atoms in total. The van der Waals surface area contributed by atoms with E-state index in [0.29, 0.717) is 22.4 Å². The number of fused-ring (bicyclic) bond motifs is 4. The molecule has 0 fully saturated rings. The van der Waals surface area contributed by atoms with E-state index in [1.807, 2.05) is 72.5 Å². The van der Waals surface area contributed by atoms with Crippen LogP contribution in [0.15, 0.2) is 230 Å². The zero-order chi connectivity index (χ0) is 76.0. The predicted molar refractivity (Wildman–Crippen MR) is 366 cm³/mol. The van der Waals surface area contributed by atoms with E-state index in [-0.39, 0.29) is 55.8 Å². The van der Waals surface area contributed by atoms with Crippen LogP contribution in [0.2, 0.25) is 5.02 Å². The summed E-state index contributed by atoms with van der Waals surface area (Å²) in [6.07, 6.45) is 0. The number of hydrogen-bond donors (Lipinski definition) is 0. The lowest BCUT2D eigenvalue weighted by molar-refractivity contribution is 0.590. The summed E-state index contributed by atoms with van der Waals surface area (Å²) >= 11 is 7.42. The Balaban J connectivity index is 0.000000207. The van der Waals surface area contributed by atoms with Crippen molar-refractivity contribution in [3.63, 3.8) is 0 Å². The van der Waals surface area contributed by atoms with Gasteiger partial charge < -0.3 is 19.6 Å². The third-order valence-corrected chi connectivity index (χ3v) is 15.9. The Labute approximate surface area is 533 Å². The summed E-state index contributed by atoms with van der Waals surface area (Å²) in [5.74, 6) is 0. The Morgan fingerprint density at radius 1 is 0.357 bits per heavy atom. The van der Waals surface area contributed by atoms with Gasteiger partial charge in [-0.05, 0) is 194 Å². The molecule has 2 aliphatic rings. The van der Waals surface area contributed by atoms with Gasteiger partial charge in [-0.15, -0.1) is 0 Å². The number of nitrogens with zero attached hydrogens (tertiary/aromatic N) is 4. The molecule has 422 valence electrons. The van der Waals surface area contributed by atoms with Crippen molar-refractivity contribution in [3.8, 4) is 0 Å². The molecule has 0 unspecified atom stereocenters. The third kappa shape index (κ3) is 11.3. The van der Waals surface area contributed by atoms with Crippen LogP contribution in [-0.2, 0) is 21.7 Å². The highest BCUT2D eigenvalue weighted by atomic mass is 35.5. The van der Waals surface area contributed by atoms with Crippen LogP contribution in [-0.4, -0.2) is 6.71 Å². The van der Waals surface area contributed by atoms with E-state index in [1.165, 1.54) is 10.5 Å². The molecular weight excluding hydrogens is 1040 g/mol. The normalized spacial score (nSPS) is 16.0. The molecule has 0 bridgehead atoms. The van der Waals surface area contributed by atoms with E-state index in [1.54, 1.807) is 13.0 Å². The third-order valence-electron chi connectivity index (χ3n) is 15.5. The number of benzene rings is 10. The second-order valence-electron chi connectivity index (χ2n) is 25.7. The molecule has 12 rings (SSSR count). The van der Waals surface area contributed by atoms with Gasteiger partial charge in [0.15, 0.2) is 0 Å². The van der Waals surface area contributed by atoms with Crippen molar-refractivity contribution in [2.24, 2.45) is 0 Å². The van der Waals surface area contributed by atoms with E-state index < -0.39 is 121 Å². The van der Waals surface area contributed by atoms with E-state index >= 15 is 0 Å². The van der Waals surface area contributed by atoms with E-state index in [9.17, 15) is 2.74 Å². The number of aryl methyl sites for hydroxylation is 2. The first-order valence-corrected chi connectivity index (χ1v) is 28.6. The van der Waals surface area contributed by atoms with E-state index in [0.717, 1.165) is 66.5 Å². The Morgan fingerprint density at radius 2 is 0.738 bits per heavy atom. The van der Waals surface area contributed by atoms with Gasteiger partial charge >= 0.3 is 0 Å². The first-order chi connectivity index (χ1) is 47.8. The maximum absolute atomic E-state index is 9.39. The van der Waals surface area contributed by atoms with Crippen LogP contribution in [0.25, 0.3) is 0 Å². The van der Waals surface area contributed by atoms with Gasteiger partial charge in [0.05, 0.1) is 42.4 Å². The largest absolute Gasteiger partial charge is 0.311 e. The molecule has 0 saturated heterocycles. The maximum Gasteiger partial charge on any atom is 0.252 e. The minimum atomic E-state index is -0.657. The first kappa shape index (κ1) is 38.6. The quantitative estimate of drug-likeness (QED) is 0.141. The second kappa shape index (κ2) is 22.4. The van der Waals surface area contributed by atoms with Gasteiger partial charge in [-0.3, -0.25) is 0 Å². The Bertz CT molecular complexity index is 4920. The zero-order valence-electron chi connectivity index (χ0n) is 69.2. The monoisotopic (exact) mass is 1140 g/mol. The van der Waals surface area contributed by atoms with Crippen molar-refractivity contribution >= 4 is 103 Å². The topological polar surface area (TPSA) is 13.0 Å². The number of rotatable bonds is 8. The van der Waals surface area contributed by atoms with Crippen molar-refractivity contribution < 1.29 is 26.0 Å². The van der Waals surface area contributed by atoms with Crippen LogP contribution in [0.1, 0.15) is 143 Å². The smallest absolute Gasteiger partial charge is 0.252 e. The minimum absolute atomic E-state index is 0.0454. The van der Waals surface area contributed by atoms with Gasteiger partial charge in [0.1, 0.15) is 0 Å². The van der Waals surface area contributed by atoms with Crippen LogP contribution in [0.3, 0.4) is 0 Å². The molecule has 0 spiro atoms. The van der Waals surface area contributed by atoms with Crippen LogP contribution in [0, 0.1) is 13.8 Å². The number of hydrogen-bond acceptors (Lipinski definition) is 4. The summed E-state index contributed by atoms with van der Waals surface area (Å²) in [5, 5.41) is 0.0454. The van der Waals surface area contributed by atoms with Gasteiger partial charge in [-0.2, -0.15) is 0 Å². The molecule has 6 heteroatoms. The van der Waals surface area contributed by atoms with Crippen LogP contribution in [0.5, 0.6) is 0 Å². The average molecular weight is 1140 g/mol. The predicted octanol–water partition coefficient (Wildman–Crippen LogP) is 20.9. The fraction of sp³-hybridized carbons (Fsp3) is 0.231. The molecule has 10 aromatic rings. The van der Waals surface area contributed by atoms with Crippen molar-refractivity contribution in [2.75, 3.05) is 19.6 Å². The average Bonchev–Trinajstić information content (AvgIpc) is 0.684. The van der Waals surface area contributed by atoms with Crippen LogP contribution in [0.4, 0.5) is 68.2 Å². The highest BCUT2D eigenvalue weighted by Crippen LogP contribution is 2.49. The van der Waals surface area contributed by atoms with Gasteiger partial charge in [0.25, 0.3) is 6.71 Å². The lowest BCUT2D eigenvalue weighted by Crippen LogP contribution is -2.61. The molecule has 0 atom stereocenters. The fourth-order valence-electron chi connectivity index (χ4n) is 11.0. The molecule has 10 aromatic carbocycles. The molecule has 0 aliphatic carbocycles. The van der Waals surface area contributed by atoms with Crippen LogP contribution >= 0.6 is 11.6 Å². The lowest BCUT2D eigenvalue weighted by Gasteiger charge is -2.44. The summed E-state index contributed by atoms with van der Waals surface area (Å²) in [7, 11) is 0. The van der Waals surface area contributed by atoms with Gasteiger partial charge in [0, 0.05) is 56.9 Å². The number of para-hydroxylation sites is 4. The SMILES string of the molecule is [2H]c1c([2H])c([2H])c(N(c2cc(C)cc(N(c3ccc(C(C)(C)C)cc3)c3ccc(C(C)(C)C)cc3)c2Cl)c2c([2H])c([2H])c([2H])c([2H])c2[2H])c([2H])c1[2H].[2H]c1c([2H])c([2H])c(N2c3cc(C)cc4c3B(c3cc(C(C)(C)C)ccc3N4c3ccc(C(C)(C)C)cc3)c3c([2H])c([2H])c([2H])c([2H])c32)c([2H])c1[2H]. The first-order valence-electron chi connectivity index (χ1n) is 37.7. The van der Waals surface area contributed by atoms with Gasteiger partial charge in [-0.1, -0.05) is 216 Å². The molecule has 0 N–H and O–H groups in total. The lowest BCUT2D eigenvalue weighted by atomic mass is 9.33. The number of anilines is 12. The molecule has 84 heavy (non-hydrogen) atoms. The summed E-state index contributed by atoms with van der Waals surface area (Å²) in [4.78, 5) is 6.70.